The van der Waals surface area contributed by atoms with Crippen LogP contribution >= 0.6 is 0 Å². The van der Waals surface area contributed by atoms with Crippen molar-refractivity contribution in [2.45, 2.75) is 65.2 Å². The highest BCUT2D eigenvalue weighted by Gasteiger charge is 2.28. The van der Waals surface area contributed by atoms with Gasteiger partial charge >= 0.3 is 24.0 Å². The number of urea groups is 2. The molecule has 4 amide bonds. The smallest absolute Gasteiger partial charge is 0.319 e. The minimum absolute atomic E-state index is 0.00560. The van der Waals surface area contributed by atoms with Crippen LogP contribution in [0.15, 0.2) is 60.7 Å². The Labute approximate surface area is 290 Å². The van der Waals surface area contributed by atoms with Crippen LogP contribution in [-0.4, -0.2) is 62.4 Å². The lowest BCUT2D eigenvalue weighted by Crippen LogP contribution is -2.30. The zero-order valence-electron chi connectivity index (χ0n) is 29.0. The van der Waals surface area contributed by atoms with Gasteiger partial charge < -0.3 is 41.6 Å². The molecule has 0 atom stereocenters. The van der Waals surface area contributed by atoms with Crippen molar-refractivity contribution in [2.75, 3.05) is 23.7 Å². The molecular formula is C37H44N6O7. The third kappa shape index (κ3) is 9.62. The van der Waals surface area contributed by atoms with Gasteiger partial charge in [0.05, 0.1) is 24.2 Å². The number of aromatic amines is 1. The Kier molecular flexibility index (Phi) is 11.2. The molecule has 0 radical (unpaired) electrons. The van der Waals surface area contributed by atoms with Gasteiger partial charge in [-0.15, -0.1) is 0 Å². The minimum Gasteiger partial charge on any atom is -0.507 e. The van der Waals surface area contributed by atoms with E-state index >= 15 is 0 Å². The van der Waals surface area contributed by atoms with Gasteiger partial charge in [0, 0.05) is 52.3 Å². The monoisotopic (exact) mass is 684 g/mol. The van der Waals surface area contributed by atoms with Crippen LogP contribution in [0.2, 0.25) is 0 Å². The molecule has 0 bridgehead atoms. The molecule has 4 rings (SSSR count). The summed E-state index contributed by atoms with van der Waals surface area (Å²) in [6, 6.07) is 17.0. The molecule has 1 heterocycles. The number of carboxylic acids is 2. The lowest BCUT2D eigenvalue weighted by atomic mass is 9.78. The highest BCUT2D eigenvalue weighted by atomic mass is 16.4. The van der Waals surface area contributed by atoms with E-state index in [1.807, 2.05) is 77.9 Å². The summed E-state index contributed by atoms with van der Waals surface area (Å²) in [4.78, 5) is 54.5. The Morgan fingerprint density at radius 1 is 0.660 bits per heavy atom. The van der Waals surface area contributed by atoms with E-state index in [1.54, 1.807) is 24.3 Å². The summed E-state index contributed by atoms with van der Waals surface area (Å²) in [7, 11) is 0. The molecule has 4 aromatic rings. The second-order valence-corrected chi connectivity index (χ2v) is 13.9. The number of phenolic OH excluding ortho intramolecular Hbond substituents is 1. The Hall–Kier alpha value is -5.85. The molecule has 3 aromatic carbocycles. The second-order valence-electron chi connectivity index (χ2n) is 13.9. The molecule has 1 aromatic heterocycles. The van der Waals surface area contributed by atoms with Crippen molar-refractivity contribution in [2.24, 2.45) is 0 Å². The number of hydrogen-bond acceptors (Lipinski definition) is 6. The first-order chi connectivity index (χ1) is 23.4. The first-order valence-corrected chi connectivity index (χ1v) is 16.1. The van der Waals surface area contributed by atoms with Crippen LogP contribution in [0.1, 0.15) is 65.5 Å². The third-order valence-electron chi connectivity index (χ3n) is 7.80. The second kappa shape index (κ2) is 15.1. The molecule has 0 aliphatic carbocycles. The molecule has 0 unspecified atom stereocenters. The summed E-state index contributed by atoms with van der Waals surface area (Å²) >= 11 is 0. The lowest BCUT2D eigenvalue weighted by molar-refractivity contribution is -0.137. The maximum absolute atomic E-state index is 12.2. The number of rotatable bonds is 11. The number of H-pyrrole nitrogens is 1. The zero-order valence-corrected chi connectivity index (χ0v) is 29.0. The van der Waals surface area contributed by atoms with Gasteiger partial charge in [-0.25, -0.2) is 14.6 Å². The van der Waals surface area contributed by atoms with Crippen LogP contribution in [0.3, 0.4) is 0 Å². The van der Waals surface area contributed by atoms with Gasteiger partial charge in [-0.2, -0.15) is 0 Å². The summed E-state index contributed by atoms with van der Waals surface area (Å²) in [6.07, 6.45) is -0.382. The normalized spacial score (nSPS) is 11.5. The lowest BCUT2D eigenvalue weighted by Gasteiger charge is -2.28. The van der Waals surface area contributed by atoms with Crippen LogP contribution in [0, 0.1) is 0 Å². The topological polar surface area (TPSA) is 206 Å². The number of aromatic nitrogens is 2. The number of carboxylic acid groups (broad SMARTS) is 2. The molecule has 0 spiro atoms. The molecule has 264 valence electrons. The molecule has 0 aliphatic rings. The molecule has 0 fully saturated rings. The number of benzene rings is 3. The van der Waals surface area contributed by atoms with Crippen molar-refractivity contribution in [3.8, 4) is 39.7 Å². The fourth-order valence-corrected chi connectivity index (χ4v) is 5.19. The molecular weight excluding hydrogens is 640 g/mol. The SMILES string of the molecule is CC(C)(C)c1cc(-c2nc(-c3ccc(NC(=O)NCCC(=O)O)cc3)c(-c3ccc(NC(=O)NCCC(=O)O)cc3)[nH]2)cc(C(C)(C)C)c1O. The van der Waals surface area contributed by atoms with Crippen molar-refractivity contribution in [3.63, 3.8) is 0 Å². The highest BCUT2D eigenvalue weighted by molar-refractivity contribution is 5.91. The average Bonchev–Trinajstić information content (AvgIpc) is 3.46. The van der Waals surface area contributed by atoms with E-state index in [-0.39, 0.29) is 42.5 Å². The predicted octanol–water partition coefficient (Wildman–Crippen LogP) is 6.90. The summed E-state index contributed by atoms with van der Waals surface area (Å²) in [5.41, 5.74) is 5.46. The fourth-order valence-electron chi connectivity index (χ4n) is 5.19. The largest absolute Gasteiger partial charge is 0.507 e. The number of anilines is 2. The van der Waals surface area contributed by atoms with Crippen LogP contribution in [0.25, 0.3) is 33.9 Å². The van der Waals surface area contributed by atoms with Gasteiger partial charge in [0.1, 0.15) is 11.6 Å². The van der Waals surface area contributed by atoms with Gasteiger partial charge in [-0.1, -0.05) is 65.8 Å². The first kappa shape index (κ1) is 37.0. The Bertz CT molecular complexity index is 1740. The molecule has 8 N–H and O–H groups in total. The fraction of sp³-hybridized carbons (Fsp3) is 0.324. The summed E-state index contributed by atoms with van der Waals surface area (Å²) < 4.78 is 0. The van der Waals surface area contributed by atoms with Gasteiger partial charge in [-0.05, 0) is 47.2 Å². The standard InChI is InChI=1S/C37H44N6O7/c1-36(2,3)26-19-23(20-27(32(26)48)37(4,5)6)33-42-30(21-7-11-24(12-8-21)40-34(49)38-17-15-28(44)45)31(43-33)22-9-13-25(14-10-22)41-35(50)39-18-16-29(46)47/h7-14,19-20,48H,15-18H2,1-6H3,(H,42,43)(H,44,45)(H,46,47)(H2,38,40,49)(H2,39,41,50). The number of phenols is 1. The Morgan fingerprint density at radius 2 is 1.08 bits per heavy atom. The van der Waals surface area contributed by atoms with Crippen molar-refractivity contribution in [1.82, 2.24) is 20.6 Å². The number of aliphatic carboxylic acids is 2. The van der Waals surface area contributed by atoms with E-state index in [1.165, 1.54) is 0 Å². The first-order valence-electron chi connectivity index (χ1n) is 16.1. The number of imidazole rings is 1. The number of carbonyl (C=O) groups is 4. The zero-order chi connectivity index (χ0) is 36.8. The maximum atomic E-state index is 12.2. The summed E-state index contributed by atoms with van der Waals surface area (Å²) in [6.45, 7) is 12.2. The Morgan fingerprint density at radius 3 is 1.48 bits per heavy atom. The van der Waals surface area contributed by atoms with E-state index in [9.17, 15) is 24.3 Å². The molecule has 0 saturated heterocycles. The third-order valence-corrected chi connectivity index (χ3v) is 7.80. The van der Waals surface area contributed by atoms with Crippen molar-refractivity contribution in [3.05, 3.63) is 71.8 Å². The summed E-state index contributed by atoms with van der Waals surface area (Å²) in [5.74, 6) is -1.19. The van der Waals surface area contributed by atoms with Crippen molar-refractivity contribution in [1.29, 1.82) is 0 Å². The number of amides is 4. The van der Waals surface area contributed by atoms with E-state index < -0.39 is 24.0 Å². The number of aromatic hydroxyl groups is 1. The van der Waals surface area contributed by atoms with Crippen LogP contribution < -0.4 is 21.3 Å². The Balaban J connectivity index is 1.73. The molecule has 13 heteroatoms. The summed E-state index contributed by atoms with van der Waals surface area (Å²) in [5, 5.41) is 39.3. The van der Waals surface area contributed by atoms with Crippen LogP contribution in [0.4, 0.5) is 21.0 Å². The van der Waals surface area contributed by atoms with Gasteiger partial charge in [0.15, 0.2) is 0 Å². The number of nitrogens with one attached hydrogen (secondary N) is 5. The van der Waals surface area contributed by atoms with Crippen molar-refractivity contribution >= 4 is 35.4 Å². The van der Waals surface area contributed by atoms with Gasteiger partial charge in [0.2, 0.25) is 0 Å². The van der Waals surface area contributed by atoms with Gasteiger partial charge in [0.25, 0.3) is 0 Å². The van der Waals surface area contributed by atoms with E-state index in [0.717, 1.165) is 27.8 Å². The van der Waals surface area contributed by atoms with Crippen LogP contribution in [0.5, 0.6) is 5.75 Å². The van der Waals surface area contributed by atoms with E-state index in [4.69, 9.17) is 15.2 Å². The number of hydrogen-bond donors (Lipinski definition) is 8. The molecule has 0 aliphatic heterocycles. The van der Waals surface area contributed by atoms with E-state index in [0.29, 0.717) is 28.6 Å². The van der Waals surface area contributed by atoms with E-state index in [2.05, 4.69) is 26.3 Å². The molecule has 50 heavy (non-hydrogen) atoms. The van der Waals surface area contributed by atoms with Crippen molar-refractivity contribution < 1.29 is 34.5 Å². The number of carbonyl (C=O) groups excluding carboxylic acids is 2. The van der Waals surface area contributed by atoms with Gasteiger partial charge in [-0.3, -0.25) is 9.59 Å². The highest BCUT2D eigenvalue weighted by Crippen LogP contribution is 2.43. The minimum atomic E-state index is -1.01. The molecule has 0 saturated carbocycles. The maximum Gasteiger partial charge on any atom is 0.319 e. The number of nitrogens with zero attached hydrogens (tertiary/aromatic N) is 1. The average molecular weight is 685 g/mol. The predicted molar refractivity (Wildman–Crippen MR) is 193 cm³/mol. The molecule has 13 nitrogen and oxygen atoms in total. The quantitative estimate of drug-likeness (QED) is 0.0832. The van der Waals surface area contributed by atoms with Crippen LogP contribution in [-0.2, 0) is 20.4 Å².